The Morgan fingerprint density at radius 3 is 0.913 bits per heavy atom. The zero-order chi connectivity index (χ0) is 33.3. The molecule has 0 aromatic heterocycles. The number of rotatable bonds is 41. The highest BCUT2D eigenvalue weighted by molar-refractivity contribution is 5.69. The lowest BCUT2D eigenvalue weighted by Crippen LogP contribution is -2.15. The molecule has 0 aliphatic carbocycles. The summed E-state index contributed by atoms with van der Waals surface area (Å²) >= 11 is 0. The van der Waals surface area contributed by atoms with Crippen molar-refractivity contribution < 1.29 is 47.4 Å². The summed E-state index contributed by atoms with van der Waals surface area (Å²) in [6.45, 7) is 13.4. The van der Waals surface area contributed by atoms with Crippen LogP contribution in [-0.2, 0) is 47.4 Å². The van der Waals surface area contributed by atoms with Gasteiger partial charge in [0.15, 0.2) is 0 Å². The van der Waals surface area contributed by atoms with E-state index < -0.39 is 0 Å². The molecule has 46 heavy (non-hydrogen) atoms. The number of carbonyl (C=O) groups excluding carboxylic acids is 1. The Labute approximate surface area is 282 Å². The maximum absolute atomic E-state index is 11.5. The first-order chi connectivity index (χ1) is 22.8. The largest absolute Gasteiger partial charge is 0.463 e. The van der Waals surface area contributed by atoms with Gasteiger partial charge in [0.2, 0.25) is 0 Å². The molecule has 0 aliphatic rings. The number of hydrogen-bond acceptors (Lipinski definition) is 10. The van der Waals surface area contributed by atoms with Crippen LogP contribution >= 0.6 is 0 Å². The first-order valence-electron chi connectivity index (χ1n) is 18.6. The maximum Gasteiger partial charge on any atom is 0.305 e. The van der Waals surface area contributed by atoms with Crippen LogP contribution in [0.1, 0.15) is 117 Å². The van der Waals surface area contributed by atoms with Crippen molar-refractivity contribution in [1.82, 2.24) is 0 Å². The van der Waals surface area contributed by atoms with Crippen molar-refractivity contribution in [2.75, 3.05) is 112 Å². The van der Waals surface area contributed by atoms with Crippen molar-refractivity contribution in [2.45, 2.75) is 117 Å². The molecule has 0 saturated heterocycles. The zero-order valence-corrected chi connectivity index (χ0v) is 29.9. The molecule has 0 atom stereocenters. The Morgan fingerprint density at radius 2 is 0.565 bits per heavy atom. The quantitative estimate of drug-likeness (QED) is 0.0505. The van der Waals surface area contributed by atoms with Gasteiger partial charge in [-0.3, -0.25) is 4.79 Å². The van der Waals surface area contributed by atoms with Gasteiger partial charge in [0.1, 0.15) is 6.61 Å². The lowest BCUT2D eigenvalue weighted by atomic mass is 10.1. The highest BCUT2D eigenvalue weighted by atomic mass is 16.6. The minimum Gasteiger partial charge on any atom is -0.463 e. The Bertz CT molecular complexity index is 567. The van der Waals surface area contributed by atoms with E-state index in [1.807, 2.05) is 0 Å². The maximum atomic E-state index is 11.5. The molecule has 0 unspecified atom stereocenters. The summed E-state index contributed by atoms with van der Waals surface area (Å²) < 4.78 is 49.2. The van der Waals surface area contributed by atoms with Crippen LogP contribution in [0.15, 0.2) is 0 Å². The van der Waals surface area contributed by atoms with Gasteiger partial charge in [0.05, 0.1) is 99.1 Å². The van der Waals surface area contributed by atoms with Crippen LogP contribution in [0, 0.1) is 0 Å². The Kier molecular flexibility index (Phi) is 41.4. The first-order valence-corrected chi connectivity index (χ1v) is 18.6. The molecule has 0 saturated carbocycles. The van der Waals surface area contributed by atoms with Crippen molar-refractivity contribution in [3.8, 4) is 0 Å². The standard InChI is InChI=1S/C36H72O10/c1-3-5-7-9-10-11-12-13-14-15-17-19-38-20-21-39-22-23-40-24-25-41-26-27-42-28-29-43-30-31-44-32-33-45-34-35-46-36(37)18-16-8-6-4-2/h3-35H2,1-2H3. The molecule has 0 bridgehead atoms. The van der Waals surface area contributed by atoms with E-state index in [0.717, 1.165) is 38.7 Å². The highest BCUT2D eigenvalue weighted by Gasteiger charge is 2.02. The number of unbranched alkanes of at least 4 members (excludes halogenated alkanes) is 13. The molecule has 0 aromatic carbocycles. The van der Waals surface area contributed by atoms with Crippen molar-refractivity contribution in [3.05, 3.63) is 0 Å². The number of hydrogen-bond donors (Lipinski definition) is 0. The Balaban J connectivity index is 3.07. The molecule has 0 amide bonds. The lowest BCUT2D eigenvalue weighted by molar-refractivity contribution is -0.145. The zero-order valence-electron chi connectivity index (χ0n) is 29.9. The normalized spacial score (nSPS) is 11.4. The van der Waals surface area contributed by atoms with Gasteiger partial charge in [-0.25, -0.2) is 0 Å². The van der Waals surface area contributed by atoms with E-state index in [9.17, 15) is 4.79 Å². The van der Waals surface area contributed by atoms with Crippen LogP contribution in [0.4, 0.5) is 0 Å². The Morgan fingerprint density at radius 1 is 0.304 bits per heavy atom. The molecular formula is C36H72O10. The van der Waals surface area contributed by atoms with Crippen molar-refractivity contribution >= 4 is 5.97 Å². The molecule has 0 heterocycles. The lowest BCUT2D eigenvalue weighted by Gasteiger charge is -2.09. The van der Waals surface area contributed by atoms with Crippen LogP contribution in [0.2, 0.25) is 0 Å². The third kappa shape index (κ3) is 41.2. The second-order valence-corrected chi connectivity index (χ2v) is 11.5. The summed E-state index contributed by atoms with van der Waals surface area (Å²) in [5.74, 6) is -0.145. The minimum atomic E-state index is -0.145. The summed E-state index contributed by atoms with van der Waals surface area (Å²) in [4.78, 5) is 11.5. The summed E-state index contributed by atoms with van der Waals surface area (Å²) in [6, 6.07) is 0. The molecular weight excluding hydrogens is 592 g/mol. The van der Waals surface area contributed by atoms with Crippen molar-refractivity contribution in [1.29, 1.82) is 0 Å². The van der Waals surface area contributed by atoms with Crippen LogP contribution in [0.3, 0.4) is 0 Å². The SMILES string of the molecule is CCCCCCCCCCCCCOCCOCCOCCOCCOCCOCCOCCOCCOC(=O)CCCCCC. The van der Waals surface area contributed by atoms with E-state index in [1.54, 1.807) is 0 Å². The molecule has 0 fully saturated rings. The van der Waals surface area contributed by atoms with E-state index in [-0.39, 0.29) is 5.97 Å². The van der Waals surface area contributed by atoms with E-state index in [0.29, 0.717) is 112 Å². The fourth-order valence-electron chi connectivity index (χ4n) is 4.49. The van der Waals surface area contributed by atoms with Gasteiger partial charge in [-0.15, -0.1) is 0 Å². The summed E-state index contributed by atoms with van der Waals surface area (Å²) in [6.07, 6.45) is 19.7. The van der Waals surface area contributed by atoms with Crippen LogP contribution in [-0.4, -0.2) is 118 Å². The van der Waals surface area contributed by atoms with Crippen molar-refractivity contribution in [2.24, 2.45) is 0 Å². The third-order valence-electron chi connectivity index (χ3n) is 7.22. The Hall–Kier alpha value is -0.850. The van der Waals surface area contributed by atoms with Crippen LogP contribution in [0.5, 0.6) is 0 Å². The van der Waals surface area contributed by atoms with Crippen molar-refractivity contribution in [3.63, 3.8) is 0 Å². The van der Waals surface area contributed by atoms with Gasteiger partial charge < -0.3 is 42.6 Å². The molecule has 276 valence electrons. The molecule has 0 radical (unpaired) electrons. The highest BCUT2D eigenvalue weighted by Crippen LogP contribution is 2.11. The third-order valence-corrected chi connectivity index (χ3v) is 7.22. The van der Waals surface area contributed by atoms with Gasteiger partial charge in [-0.1, -0.05) is 97.3 Å². The van der Waals surface area contributed by atoms with Gasteiger partial charge >= 0.3 is 5.97 Å². The summed E-state index contributed by atoms with van der Waals surface area (Å²) in [7, 11) is 0. The average Bonchev–Trinajstić information content (AvgIpc) is 3.06. The minimum absolute atomic E-state index is 0.145. The van der Waals surface area contributed by atoms with E-state index in [2.05, 4.69) is 13.8 Å². The topological polar surface area (TPSA) is 100 Å². The molecule has 10 heteroatoms. The first kappa shape index (κ1) is 45.2. The molecule has 0 spiro atoms. The second kappa shape index (κ2) is 42.2. The average molecular weight is 665 g/mol. The molecule has 10 nitrogen and oxygen atoms in total. The van der Waals surface area contributed by atoms with E-state index >= 15 is 0 Å². The van der Waals surface area contributed by atoms with Gasteiger partial charge in [-0.2, -0.15) is 0 Å². The van der Waals surface area contributed by atoms with E-state index in [4.69, 9.17) is 42.6 Å². The summed E-state index contributed by atoms with van der Waals surface area (Å²) in [5.41, 5.74) is 0. The van der Waals surface area contributed by atoms with Gasteiger partial charge in [0.25, 0.3) is 0 Å². The fourth-order valence-corrected chi connectivity index (χ4v) is 4.49. The fraction of sp³-hybridized carbons (Fsp3) is 0.972. The smallest absolute Gasteiger partial charge is 0.305 e. The molecule has 0 aliphatic heterocycles. The van der Waals surface area contributed by atoms with Gasteiger partial charge in [0, 0.05) is 13.0 Å². The summed E-state index contributed by atoms with van der Waals surface area (Å²) in [5, 5.41) is 0. The predicted octanol–water partition coefficient (Wildman–Crippen LogP) is 6.94. The van der Waals surface area contributed by atoms with Crippen LogP contribution < -0.4 is 0 Å². The molecule has 0 rings (SSSR count). The molecule has 0 N–H and O–H groups in total. The second-order valence-electron chi connectivity index (χ2n) is 11.5. The van der Waals surface area contributed by atoms with Gasteiger partial charge in [-0.05, 0) is 12.8 Å². The number of ether oxygens (including phenoxy) is 9. The predicted molar refractivity (Wildman–Crippen MR) is 183 cm³/mol. The number of carbonyl (C=O) groups is 1. The monoisotopic (exact) mass is 665 g/mol. The number of esters is 1. The van der Waals surface area contributed by atoms with E-state index in [1.165, 1.54) is 64.2 Å². The molecule has 0 aromatic rings. The van der Waals surface area contributed by atoms with Crippen LogP contribution in [0.25, 0.3) is 0 Å².